The first-order valence-electron chi connectivity index (χ1n) is 31.3. The Bertz CT molecular complexity index is 1070. The Kier molecular flexibility index (Phi) is 57.9. The largest absolute Gasteiger partial charge is 0.394 e. The maximum absolute atomic E-state index is 12.6. The van der Waals surface area contributed by atoms with Crippen molar-refractivity contribution in [3.63, 3.8) is 0 Å². The number of hydrogen-bond acceptors (Lipinski definition) is 4. The highest BCUT2D eigenvalue weighted by Crippen LogP contribution is 2.18. The van der Waals surface area contributed by atoms with E-state index < -0.39 is 18.2 Å². The van der Waals surface area contributed by atoms with Crippen molar-refractivity contribution in [3.8, 4) is 0 Å². The summed E-state index contributed by atoms with van der Waals surface area (Å²) in [5, 5.41) is 33.6. The minimum atomic E-state index is -0.930. The smallest absolute Gasteiger partial charge is 0.222 e. The van der Waals surface area contributed by atoms with Crippen molar-refractivity contribution in [2.75, 3.05) is 6.61 Å². The van der Waals surface area contributed by atoms with Gasteiger partial charge in [-0.1, -0.05) is 320 Å². The van der Waals surface area contributed by atoms with Crippen LogP contribution in [0, 0.1) is 0 Å². The molecule has 0 saturated carbocycles. The molecule has 0 aromatic rings. The van der Waals surface area contributed by atoms with Gasteiger partial charge in [-0.3, -0.25) is 4.79 Å². The Morgan fingerprint density at radius 1 is 0.377 bits per heavy atom. The number of carbonyl (C=O) groups is 1. The third kappa shape index (κ3) is 55.7. The van der Waals surface area contributed by atoms with Gasteiger partial charge < -0.3 is 20.6 Å². The Balaban J connectivity index is 3.54. The van der Waals surface area contributed by atoms with E-state index in [-0.39, 0.29) is 18.9 Å². The highest BCUT2D eigenvalue weighted by atomic mass is 16.3. The van der Waals surface area contributed by atoms with E-state index in [4.69, 9.17) is 0 Å². The molecule has 1 amide bonds. The molecule has 0 rings (SSSR count). The lowest BCUT2D eigenvalue weighted by atomic mass is 10.0. The lowest BCUT2D eigenvalue weighted by molar-refractivity contribution is -0.124. The summed E-state index contributed by atoms with van der Waals surface area (Å²) >= 11 is 0. The summed E-state index contributed by atoms with van der Waals surface area (Å²) in [6, 6.07) is -0.746. The van der Waals surface area contributed by atoms with Crippen LogP contribution in [0.2, 0.25) is 0 Å². The van der Waals surface area contributed by atoms with Crippen molar-refractivity contribution in [3.05, 3.63) is 36.5 Å². The first-order chi connectivity index (χ1) is 34.0. The molecule has 3 unspecified atom stereocenters. The second-order valence-corrected chi connectivity index (χ2v) is 21.7. The number of aliphatic hydroxyl groups excluding tert-OH is 3. The minimum absolute atomic E-state index is 0.0147. The van der Waals surface area contributed by atoms with Crippen LogP contribution in [0.4, 0.5) is 0 Å². The van der Waals surface area contributed by atoms with E-state index in [0.717, 1.165) is 32.1 Å². The molecule has 69 heavy (non-hydrogen) atoms. The molecular weight excluding hydrogens is 847 g/mol. The Morgan fingerprint density at radius 3 is 0.957 bits per heavy atom. The van der Waals surface area contributed by atoms with Gasteiger partial charge in [0.1, 0.15) is 0 Å². The first-order valence-corrected chi connectivity index (χ1v) is 31.3. The van der Waals surface area contributed by atoms with Gasteiger partial charge in [-0.2, -0.15) is 0 Å². The lowest BCUT2D eigenvalue weighted by Gasteiger charge is -2.21. The quantitative estimate of drug-likeness (QED) is 0.0361. The van der Waals surface area contributed by atoms with E-state index in [9.17, 15) is 20.1 Å². The fourth-order valence-corrected chi connectivity index (χ4v) is 9.90. The number of amides is 1. The first kappa shape index (κ1) is 67.6. The SMILES string of the molecule is CCCCCCCCCCC/C=C\C/C=C\CCCCCCCCCCCCCCCC(O)CC(=O)NC(CO)C(O)/C=C/CCCCCCCCCCCCCCCCCCCCCCCCC. The van der Waals surface area contributed by atoms with Gasteiger partial charge in [0.25, 0.3) is 0 Å². The average Bonchev–Trinajstić information content (AvgIpc) is 3.35. The van der Waals surface area contributed by atoms with E-state index in [1.807, 2.05) is 6.08 Å². The lowest BCUT2D eigenvalue weighted by Crippen LogP contribution is -2.45. The van der Waals surface area contributed by atoms with Gasteiger partial charge in [0, 0.05) is 0 Å². The fourth-order valence-electron chi connectivity index (χ4n) is 9.90. The van der Waals surface area contributed by atoms with Crippen LogP contribution < -0.4 is 5.32 Å². The van der Waals surface area contributed by atoms with Crippen LogP contribution in [-0.4, -0.2) is 46.1 Å². The fraction of sp³-hybridized carbons (Fsp3) is 0.891. The van der Waals surface area contributed by atoms with Crippen molar-refractivity contribution >= 4 is 5.91 Å². The van der Waals surface area contributed by atoms with Gasteiger partial charge in [-0.15, -0.1) is 0 Å². The van der Waals surface area contributed by atoms with Gasteiger partial charge in [0.2, 0.25) is 5.91 Å². The summed E-state index contributed by atoms with van der Waals surface area (Å²) in [5.74, 6) is -0.311. The van der Waals surface area contributed by atoms with Crippen molar-refractivity contribution in [1.29, 1.82) is 0 Å². The molecular formula is C64H123NO4. The van der Waals surface area contributed by atoms with E-state index in [2.05, 4.69) is 43.5 Å². The zero-order valence-corrected chi connectivity index (χ0v) is 46.7. The number of nitrogens with one attached hydrogen (secondary N) is 1. The van der Waals surface area contributed by atoms with E-state index in [1.165, 1.54) is 283 Å². The Hall–Kier alpha value is -1.43. The normalized spacial score (nSPS) is 13.4. The number of aliphatic hydroxyl groups is 3. The Labute approximate surface area is 432 Å². The van der Waals surface area contributed by atoms with Gasteiger partial charge in [-0.05, 0) is 51.4 Å². The molecule has 0 aromatic carbocycles. The molecule has 0 aliphatic carbocycles. The predicted octanol–water partition coefficient (Wildman–Crippen LogP) is 19.8. The van der Waals surface area contributed by atoms with Crippen molar-refractivity contribution in [2.24, 2.45) is 0 Å². The zero-order chi connectivity index (χ0) is 50.0. The van der Waals surface area contributed by atoms with Gasteiger partial charge in [0.15, 0.2) is 0 Å². The van der Waals surface area contributed by atoms with Crippen LogP contribution >= 0.6 is 0 Å². The van der Waals surface area contributed by atoms with Crippen molar-refractivity contribution < 1.29 is 20.1 Å². The molecule has 0 fully saturated rings. The molecule has 0 spiro atoms. The molecule has 3 atom stereocenters. The molecule has 0 radical (unpaired) electrons. The molecule has 0 saturated heterocycles. The highest BCUT2D eigenvalue weighted by Gasteiger charge is 2.20. The standard InChI is InChI=1S/C64H123NO4/c1-3-5-7-9-11-13-15-17-19-21-23-25-27-29-30-31-32-34-35-37-39-41-43-45-47-49-51-53-55-57-61(67)59-64(69)65-62(60-66)63(68)58-56-54-52-50-48-46-44-42-40-38-36-33-28-26-24-22-20-18-16-14-12-10-8-6-4-2/h23,25,29-30,56,58,61-63,66-68H,3-22,24,26-28,31-55,57,59-60H2,1-2H3,(H,65,69)/b25-23-,30-29-,58-56+. The molecule has 0 aliphatic heterocycles. The summed E-state index contributed by atoms with van der Waals surface area (Å²) in [6.45, 7) is 4.25. The monoisotopic (exact) mass is 970 g/mol. The van der Waals surface area contributed by atoms with Gasteiger partial charge >= 0.3 is 0 Å². The van der Waals surface area contributed by atoms with Crippen LogP contribution in [-0.2, 0) is 4.79 Å². The minimum Gasteiger partial charge on any atom is -0.394 e. The maximum atomic E-state index is 12.6. The van der Waals surface area contributed by atoms with Crippen LogP contribution in [0.3, 0.4) is 0 Å². The maximum Gasteiger partial charge on any atom is 0.222 e. The third-order valence-corrected chi connectivity index (χ3v) is 14.7. The second-order valence-electron chi connectivity index (χ2n) is 21.7. The summed E-state index contributed by atoms with van der Waals surface area (Å²) in [5.41, 5.74) is 0. The average molecular weight is 971 g/mol. The third-order valence-electron chi connectivity index (χ3n) is 14.7. The number of allylic oxidation sites excluding steroid dienone is 5. The zero-order valence-electron chi connectivity index (χ0n) is 46.7. The Morgan fingerprint density at radius 2 is 0.652 bits per heavy atom. The topological polar surface area (TPSA) is 89.8 Å². The number of hydrogen-bond donors (Lipinski definition) is 4. The molecule has 4 N–H and O–H groups in total. The molecule has 5 heteroatoms. The van der Waals surface area contributed by atoms with Crippen molar-refractivity contribution in [2.45, 2.75) is 360 Å². The second kappa shape index (κ2) is 59.1. The summed E-state index contributed by atoms with van der Waals surface area (Å²) in [7, 11) is 0. The predicted molar refractivity (Wildman–Crippen MR) is 305 cm³/mol. The molecule has 0 aromatic heterocycles. The highest BCUT2D eigenvalue weighted by molar-refractivity contribution is 5.76. The molecule has 408 valence electrons. The number of rotatable bonds is 58. The van der Waals surface area contributed by atoms with Gasteiger partial charge in [0.05, 0.1) is 31.3 Å². The van der Waals surface area contributed by atoms with Crippen molar-refractivity contribution in [1.82, 2.24) is 5.32 Å². The molecule has 0 heterocycles. The number of unbranched alkanes of at least 4 members (excludes halogenated alkanes) is 45. The van der Waals surface area contributed by atoms with Crippen LogP contribution in [0.1, 0.15) is 341 Å². The number of carbonyl (C=O) groups excluding carboxylic acids is 1. The van der Waals surface area contributed by atoms with E-state index >= 15 is 0 Å². The molecule has 5 nitrogen and oxygen atoms in total. The summed E-state index contributed by atoms with van der Waals surface area (Å²) in [4.78, 5) is 12.6. The van der Waals surface area contributed by atoms with E-state index in [0.29, 0.717) is 6.42 Å². The summed E-state index contributed by atoms with van der Waals surface area (Å²) < 4.78 is 0. The van der Waals surface area contributed by atoms with Crippen LogP contribution in [0.25, 0.3) is 0 Å². The molecule has 0 bridgehead atoms. The summed E-state index contributed by atoms with van der Waals surface area (Å²) in [6.07, 6.45) is 77.8. The van der Waals surface area contributed by atoms with Gasteiger partial charge in [-0.25, -0.2) is 0 Å². The van der Waals surface area contributed by atoms with E-state index in [1.54, 1.807) is 6.08 Å². The van der Waals surface area contributed by atoms with Crippen LogP contribution in [0.5, 0.6) is 0 Å². The molecule has 0 aliphatic rings. The van der Waals surface area contributed by atoms with Crippen LogP contribution in [0.15, 0.2) is 36.5 Å².